The molecule has 1 aromatic carbocycles. The summed E-state index contributed by atoms with van der Waals surface area (Å²) in [6.07, 6.45) is 2.41. The second-order valence-electron chi connectivity index (χ2n) is 8.05. The molecule has 0 spiro atoms. The Morgan fingerprint density at radius 3 is 2.61 bits per heavy atom. The van der Waals surface area contributed by atoms with Gasteiger partial charge in [-0.05, 0) is 31.0 Å². The molecule has 1 aliphatic heterocycles. The van der Waals surface area contributed by atoms with Crippen LogP contribution in [0.1, 0.15) is 12.5 Å². The Labute approximate surface area is 212 Å². The number of benzene rings is 1. The number of nitriles is 2. The summed E-state index contributed by atoms with van der Waals surface area (Å²) >= 11 is 1.05. The third-order valence-corrected chi connectivity index (χ3v) is 6.93. The topological polar surface area (TPSA) is 160 Å². The number of carbonyl (C=O) groups excluding carboxylic acids is 2. The van der Waals surface area contributed by atoms with Crippen molar-refractivity contribution < 1.29 is 9.59 Å². The number of carbonyl (C=O) groups is 2. The molecule has 3 rings (SSSR count). The van der Waals surface area contributed by atoms with Gasteiger partial charge in [-0.25, -0.2) is 4.79 Å². The Morgan fingerprint density at radius 1 is 1.22 bits per heavy atom. The summed E-state index contributed by atoms with van der Waals surface area (Å²) in [5, 5.41) is 23.7. The molecule has 0 unspecified atom stereocenters. The van der Waals surface area contributed by atoms with Crippen LogP contribution in [0.15, 0.2) is 29.1 Å². The Morgan fingerprint density at radius 2 is 1.97 bits per heavy atom. The molecule has 0 atom stereocenters. The van der Waals surface area contributed by atoms with Gasteiger partial charge >= 0.3 is 6.03 Å². The second kappa shape index (κ2) is 12.5. The molecule has 0 saturated carbocycles. The number of rotatable bonds is 8. The minimum Gasteiger partial charge on any atom is -0.360 e. The third kappa shape index (κ3) is 6.50. The van der Waals surface area contributed by atoms with Gasteiger partial charge < -0.3 is 21.3 Å². The molecule has 12 heteroatoms. The van der Waals surface area contributed by atoms with Gasteiger partial charge in [0.25, 0.3) is 11.5 Å². The van der Waals surface area contributed by atoms with E-state index in [1.54, 1.807) is 24.1 Å². The number of hydrogen-bond acceptors (Lipinski definition) is 8. The first-order chi connectivity index (χ1) is 17.4. The zero-order chi connectivity index (χ0) is 26.1. The van der Waals surface area contributed by atoms with Crippen molar-refractivity contribution in [3.63, 3.8) is 0 Å². The van der Waals surface area contributed by atoms with Crippen molar-refractivity contribution in [1.29, 1.82) is 10.5 Å². The minimum absolute atomic E-state index is 0.201. The van der Waals surface area contributed by atoms with Gasteiger partial charge in [0.05, 0.1) is 6.07 Å². The number of thiazole rings is 1. The molecule has 36 heavy (non-hydrogen) atoms. The van der Waals surface area contributed by atoms with Crippen LogP contribution >= 0.6 is 11.3 Å². The van der Waals surface area contributed by atoms with Crippen LogP contribution in [0, 0.1) is 22.7 Å². The van der Waals surface area contributed by atoms with Gasteiger partial charge in [0.15, 0.2) is 5.57 Å². The van der Waals surface area contributed by atoms with Crippen molar-refractivity contribution in [2.75, 3.05) is 44.6 Å². The molecule has 1 aliphatic rings. The van der Waals surface area contributed by atoms with Gasteiger partial charge in [-0.15, -0.1) is 11.3 Å². The molecule has 2 aromatic rings. The Hall–Kier alpha value is -4.13. The van der Waals surface area contributed by atoms with Crippen LogP contribution in [0.3, 0.4) is 0 Å². The molecule has 2 heterocycles. The van der Waals surface area contributed by atoms with Crippen molar-refractivity contribution in [1.82, 2.24) is 19.7 Å². The average molecular weight is 509 g/mol. The largest absolute Gasteiger partial charge is 0.360 e. The van der Waals surface area contributed by atoms with E-state index in [1.807, 2.05) is 30.3 Å². The average Bonchev–Trinajstić information content (AvgIpc) is 3.20. The molecule has 188 valence electrons. The molecule has 0 aliphatic carbocycles. The first kappa shape index (κ1) is 26.5. The van der Waals surface area contributed by atoms with Crippen molar-refractivity contribution >= 4 is 40.7 Å². The first-order valence-corrected chi connectivity index (χ1v) is 12.3. The molecular formula is C24H28N8O3S. The fraction of sp³-hybridized carbons (Fsp3) is 0.375. The van der Waals surface area contributed by atoms with Gasteiger partial charge in [0.1, 0.15) is 21.8 Å². The molecule has 3 amide bonds. The lowest BCUT2D eigenvalue weighted by molar-refractivity contribution is -0.115. The quantitative estimate of drug-likeness (QED) is 0.399. The van der Waals surface area contributed by atoms with E-state index in [9.17, 15) is 19.6 Å². The van der Waals surface area contributed by atoms with Gasteiger partial charge in [-0.1, -0.05) is 12.1 Å². The van der Waals surface area contributed by atoms with Crippen LogP contribution < -0.4 is 31.1 Å². The fourth-order valence-corrected chi connectivity index (χ4v) is 4.93. The number of nitrogens with one attached hydrogen (secondary N) is 2. The molecule has 1 saturated heterocycles. The number of amides is 3. The first-order valence-electron chi connectivity index (χ1n) is 11.5. The summed E-state index contributed by atoms with van der Waals surface area (Å²) in [5.41, 5.74) is 6.76. The van der Waals surface area contributed by atoms with Gasteiger partial charge in [-0.2, -0.15) is 10.5 Å². The normalized spacial score (nSPS) is 15.1. The monoisotopic (exact) mass is 508 g/mol. The predicted molar refractivity (Wildman–Crippen MR) is 137 cm³/mol. The van der Waals surface area contributed by atoms with Crippen LogP contribution in [0.25, 0.3) is 11.8 Å². The lowest BCUT2D eigenvalue weighted by Crippen LogP contribution is -2.50. The van der Waals surface area contributed by atoms with Gasteiger partial charge in [-0.3, -0.25) is 19.1 Å². The molecule has 1 aromatic heterocycles. The molecule has 0 radical (unpaired) electrons. The number of piperazine rings is 1. The van der Waals surface area contributed by atoms with Crippen LogP contribution in [-0.2, 0) is 17.8 Å². The maximum atomic E-state index is 12.9. The van der Waals surface area contributed by atoms with Crippen molar-refractivity contribution in [3.05, 3.63) is 49.4 Å². The highest BCUT2D eigenvalue weighted by molar-refractivity contribution is 7.07. The number of hydrogen-bond donors (Lipinski definition) is 3. The highest BCUT2D eigenvalue weighted by atomic mass is 32.1. The van der Waals surface area contributed by atoms with Crippen LogP contribution in [0.2, 0.25) is 0 Å². The van der Waals surface area contributed by atoms with E-state index < -0.39 is 5.91 Å². The van der Waals surface area contributed by atoms with Crippen molar-refractivity contribution in [2.45, 2.75) is 19.9 Å². The minimum atomic E-state index is -0.689. The smallest absolute Gasteiger partial charge is 0.314 e. The molecule has 11 nitrogen and oxygen atoms in total. The maximum Gasteiger partial charge on any atom is 0.314 e. The van der Waals surface area contributed by atoms with E-state index in [4.69, 9.17) is 11.0 Å². The SMILES string of the molecule is CCn1c(=O)/c(=C\Nc2cccc(CCN3CCN(C(N)=O)CC3)c2)s/c1=C(/C#N)C(=O)NCC#N. The molecular weight excluding hydrogens is 480 g/mol. The lowest BCUT2D eigenvalue weighted by Gasteiger charge is -2.33. The summed E-state index contributed by atoms with van der Waals surface area (Å²) in [5.74, 6) is -0.689. The number of anilines is 1. The molecule has 1 fully saturated rings. The molecule has 4 N–H and O–H groups in total. The summed E-state index contributed by atoms with van der Waals surface area (Å²) in [7, 11) is 0. The highest BCUT2D eigenvalue weighted by Crippen LogP contribution is 2.12. The highest BCUT2D eigenvalue weighted by Gasteiger charge is 2.18. The van der Waals surface area contributed by atoms with E-state index in [-0.39, 0.29) is 28.4 Å². The van der Waals surface area contributed by atoms with E-state index in [2.05, 4.69) is 15.5 Å². The number of urea groups is 1. The Bertz CT molecular complexity index is 1370. The van der Waals surface area contributed by atoms with E-state index in [1.165, 1.54) is 4.57 Å². The fourth-order valence-electron chi connectivity index (χ4n) is 3.84. The summed E-state index contributed by atoms with van der Waals surface area (Å²) < 4.78 is 1.97. The lowest BCUT2D eigenvalue weighted by atomic mass is 10.1. The summed E-state index contributed by atoms with van der Waals surface area (Å²) in [6.45, 7) is 5.52. The molecule has 0 bridgehead atoms. The van der Waals surface area contributed by atoms with Crippen LogP contribution in [0.4, 0.5) is 10.5 Å². The van der Waals surface area contributed by atoms with E-state index >= 15 is 0 Å². The summed E-state index contributed by atoms with van der Waals surface area (Å²) in [6, 6.07) is 11.1. The Kier molecular flexibility index (Phi) is 9.22. The number of nitrogens with zero attached hydrogens (tertiary/aromatic N) is 5. The van der Waals surface area contributed by atoms with E-state index in [0.717, 1.165) is 48.6 Å². The number of primary amides is 1. The predicted octanol–water partition coefficient (Wildman–Crippen LogP) is -0.667. The zero-order valence-electron chi connectivity index (χ0n) is 20.0. The maximum absolute atomic E-state index is 12.9. The standard InChI is InChI=1S/C24H28N8O3S/c1-2-32-22(34)20(36-23(32)19(15-26)21(33)28-8-7-25)16-29-18-5-3-4-17(14-18)6-9-30-10-12-31(13-11-30)24(27)35/h3-5,14,16,29H,2,6,8-13H2,1H3,(H2,27,35)(H,28,33)/b20-16+,23-19-. The van der Waals surface area contributed by atoms with Crippen LogP contribution in [-0.4, -0.2) is 65.6 Å². The van der Waals surface area contributed by atoms with E-state index in [0.29, 0.717) is 24.2 Å². The summed E-state index contributed by atoms with van der Waals surface area (Å²) in [4.78, 5) is 40.4. The van der Waals surface area contributed by atoms with Crippen molar-refractivity contribution in [3.8, 4) is 12.1 Å². The third-order valence-electron chi connectivity index (χ3n) is 5.80. The Balaban J connectivity index is 1.75. The van der Waals surface area contributed by atoms with Gasteiger partial charge in [0.2, 0.25) is 0 Å². The van der Waals surface area contributed by atoms with Gasteiger partial charge in [0, 0.05) is 51.2 Å². The number of aromatic nitrogens is 1. The van der Waals surface area contributed by atoms with Crippen LogP contribution in [0.5, 0.6) is 0 Å². The van der Waals surface area contributed by atoms with Crippen molar-refractivity contribution in [2.24, 2.45) is 5.73 Å². The zero-order valence-corrected chi connectivity index (χ0v) is 20.8. The number of nitrogens with two attached hydrogens (primary N) is 1. The second-order valence-corrected chi connectivity index (χ2v) is 9.09.